The van der Waals surface area contributed by atoms with E-state index in [1.54, 1.807) is 12.1 Å². The zero-order valence-corrected chi connectivity index (χ0v) is 12.2. The molecule has 2 nitrogen and oxygen atoms in total. The van der Waals surface area contributed by atoms with Gasteiger partial charge in [-0.25, -0.2) is 4.98 Å². The molecule has 0 bridgehead atoms. The Kier molecular flexibility index (Phi) is 4.20. The number of thiazole rings is 1. The van der Waals surface area contributed by atoms with Crippen LogP contribution in [0.1, 0.15) is 21.6 Å². The van der Waals surface area contributed by atoms with Gasteiger partial charge in [0.15, 0.2) is 5.01 Å². The molecule has 0 aliphatic heterocycles. The molecule has 0 saturated carbocycles. The van der Waals surface area contributed by atoms with E-state index in [0.717, 1.165) is 6.20 Å². The highest BCUT2D eigenvalue weighted by Gasteiger charge is 2.35. The molecule has 0 fully saturated rings. The summed E-state index contributed by atoms with van der Waals surface area (Å²) in [7, 11) is 0. The normalized spacial score (nSPS) is 13.6. The first kappa shape index (κ1) is 14.8. The second-order valence-electron chi connectivity index (χ2n) is 3.64. The number of nitrogens with zero attached hydrogens (tertiary/aromatic N) is 1. The van der Waals surface area contributed by atoms with E-state index in [0.29, 0.717) is 26.4 Å². The molecule has 1 unspecified atom stereocenters. The molecule has 1 atom stereocenters. The van der Waals surface area contributed by atoms with Crippen LogP contribution < -0.4 is 0 Å². The zero-order chi connectivity index (χ0) is 14.2. The van der Waals surface area contributed by atoms with Crippen LogP contribution in [-0.2, 0) is 6.18 Å². The number of alkyl halides is 3. The van der Waals surface area contributed by atoms with Crippen LogP contribution in [0.4, 0.5) is 13.2 Å². The highest BCUT2D eigenvalue weighted by atomic mass is 79.9. The monoisotopic (exact) mass is 371 g/mol. The summed E-state index contributed by atoms with van der Waals surface area (Å²) in [6.07, 6.45) is -4.66. The van der Waals surface area contributed by atoms with Crippen LogP contribution in [0.2, 0.25) is 5.02 Å². The zero-order valence-electron chi connectivity index (χ0n) is 9.08. The number of benzene rings is 1. The molecule has 0 aliphatic carbocycles. The third kappa shape index (κ3) is 3.28. The number of aromatic nitrogens is 1. The van der Waals surface area contributed by atoms with Crippen molar-refractivity contribution >= 4 is 38.9 Å². The predicted molar refractivity (Wildman–Crippen MR) is 70.3 cm³/mol. The van der Waals surface area contributed by atoms with Crippen molar-refractivity contribution in [2.24, 2.45) is 0 Å². The fourth-order valence-corrected chi connectivity index (χ4v) is 2.62. The van der Waals surface area contributed by atoms with E-state index in [1.165, 1.54) is 6.07 Å². The number of hydrogen-bond donors (Lipinski definition) is 1. The van der Waals surface area contributed by atoms with E-state index >= 15 is 0 Å². The van der Waals surface area contributed by atoms with Gasteiger partial charge >= 0.3 is 6.18 Å². The Morgan fingerprint density at radius 3 is 2.58 bits per heavy atom. The van der Waals surface area contributed by atoms with Gasteiger partial charge in [-0.15, -0.1) is 11.3 Å². The van der Waals surface area contributed by atoms with Crippen molar-refractivity contribution in [1.29, 1.82) is 0 Å². The van der Waals surface area contributed by atoms with Crippen LogP contribution in [0.15, 0.2) is 28.9 Å². The molecular formula is C11H6BrClF3NOS. The van der Waals surface area contributed by atoms with Crippen molar-refractivity contribution in [3.63, 3.8) is 0 Å². The highest BCUT2D eigenvalue weighted by Crippen LogP contribution is 2.36. The van der Waals surface area contributed by atoms with Gasteiger partial charge in [0.05, 0.1) is 9.90 Å². The molecule has 0 amide bonds. The first-order valence-corrected chi connectivity index (χ1v) is 6.93. The van der Waals surface area contributed by atoms with E-state index in [-0.39, 0.29) is 4.88 Å². The van der Waals surface area contributed by atoms with Gasteiger partial charge in [0, 0.05) is 10.7 Å². The Balaban J connectivity index is 2.31. The van der Waals surface area contributed by atoms with E-state index in [2.05, 4.69) is 20.9 Å². The summed E-state index contributed by atoms with van der Waals surface area (Å²) in [6.45, 7) is 0. The van der Waals surface area contributed by atoms with Gasteiger partial charge in [-0.05, 0) is 33.6 Å². The first-order valence-electron chi connectivity index (χ1n) is 4.95. The van der Waals surface area contributed by atoms with Crippen molar-refractivity contribution in [3.05, 3.63) is 49.3 Å². The van der Waals surface area contributed by atoms with Crippen LogP contribution in [0.5, 0.6) is 0 Å². The Morgan fingerprint density at radius 1 is 1.37 bits per heavy atom. The maximum absolute atomic E-state index is 12.4. The number of aliphatic hydroxyl groups excluding tert-OH is 1. The molecule has 0 spiro atoms. The quantitative estimate of drug-likeness (QED) is 0.832. The molecular weight excluding hydrogens is 367 g/mol. The van der Waals surface area contributed by atoms with Crippen LogP contribution in [-0.4, -0.2) is 10.1 Å². The van der Waals surface area contributed by atoms with E-state index in [1.807, 2.05) is 0 Å². The van der Waals surface area contributed by atoms with Gasteiger partial charge < -0.3 is 5.11 Å². The topological polar surface area (TPSA) is 33.1 Å². The lowest BCUT2D eigenvalue weighted by Crippen LogP contribution is -2.03. The molecule has 0 radical (unpaired) electrons. The van der Waals surface area contributed by atoms with Gasteiger partial charge in [0.1, 0.15) is 6.10 Å². The standard InChI is InChI=1S/C11H6BrClF3NOS/c12-6-2-1-5(3-7(6)13)9(18)8-4-17-10(19-8)11(14,15)16/h1-4,9,18H. The van der Waals surface area contributed by atoms with E-state index < -0.39 is 17.3 Å². The minimum absolute atomic E-state index is 0.116. The molecule has 1 heterocycles. The molecule has 102 valence electrons. The maximum atomic E-state index is 12.4. The Hall–Kier alpha value is -0.630. The van der Waals surface area contributed by atoms with Gasteiger partial charge in [-0.2, -0.15) is 13.2 Å². The number of halogens is 5. The molecule has 8 heteroatoms. The van der Waals surface area contributed by atoms with Crippen molar-refractivity contribution < 1.29 is 18.3 Å². The van der Waals surface area contributed by atoms with Gasteiger partial charge in [-0.3, -0.25) is 0 Å². The minimum Gasteiger partial charge on any atom is -0.383 e. The Bertz CT molecular complexity index is 602. The molecule has 1 aromatic heterocycles. The predicted octanol–water partition coefficient (Wildman–Crippen LogP) is 4.66. The number of hydrogen-bond acceptors (Lipinski definition) is 3. The van der Waals surface area contributed by atoms with Crippen LogP contribution in [0.3, 0.4) is 0 Å². The second kappa shape index (κ2) is 5.40. The summed E-state index contributed by atoms with van der Waals surface area (Å²) in [6, 6.07) is 4.68. The second-order valence-corrected chi connectivity index (χ2v) is 5.97. The van der Waals surface area contributed by atoms with Crippen molar-refractivity contribution in [2.75, 3.05) is 0 Å². The summed E-state index contributed by atoms with van der Waals surface area (Å²) in [5.74, 6) is 0. The largest absolute Gasteiger partial charge is 0.443 e. The first-order chi connectivity index (χ1) is 8.79. The Morgan fingerprint density at radius 2 is 2.05 bits per heavy atom. The molecule has 19 heavy (non-hydrogen) atoms. The molecule has 1 aromatic carbocycles. The van der Waals surface area contributed by atoms with Gasteiger partial charge in [0.2, 0.25) is 0 Å². The van der Waals surface area contributed by atoms with Crippen molar-refractivity contribution in [1.82, 2.24) is 4.98 Å². The summed E-state index contributed by atoms with van der Waals surface area (Å²) >= 11 is 9.48. The smallest absolute Gasteiger partial charge is 0.383 e. The fourth-order valence-electron chi connectivity index (χ4n) is 1.39. The van der Waals surface area contributed by atoms with E-state index in [4.69, 9.17) is 11.6 Å². The number of rotatable bonds is 2. The van der Waals surface area contributed by atoms with Crippen LogP contribution >= 0.6 is 38.9 Å². The van der Waals surface area contributed by atoms with Gasteiger partial charge in [-0.1, -0.05) is 17.7 Å². The molecule has 0 saturated heterocycles. The maximum Gasteiger partial charge on any atom is 0.443 e. The SMILES string of the molecule is OC(c1ccc(Br)c(Cl)c1)c1cnc(C(F)(F)F)s1. The lowest BCUT2D eigenvalue weighted by molar-refractivity contribution is -0.137. The third-order valence-corrected chi connectivity index (χ3v) is 4.62. The van der Waals surface area contributed by atoms with Crippen LogP contribution in [0, 0.1) is 0 Å². The van der Waals surface area contributed by atoms with Crippen LogP contribution in [0.25, 0.3) is 0 Å². The number of aliphatic hydroxyl groups is 1. The average molecular weight is 373 g/mol. The van der Waals surface area contributed by atoms with Crippen molar-refractivity contribution in [2.45, 2.75) is 12.3 Å². The summed E-state index contributed by atoms with van der Waals surface area (Å²) < 4.78 is 37.9. The average Bonchev–Trinajstić information content (AvgIpc) is 2.81. The molecule has 2 rings (SSSR count). The lowest BCUT2D eigenvalue weighted by Gasteiger charge is -2.09. The van der Waals surface area contributed by atoms with E-state index in [9.17, 15) is 18.3 Å². The summed E-state index contributed by atoms with van der Waals surface area (Å²) in [5.41, 5.74) is 0.408. The molecule has 1 N–H and O–H groups in total. The minimum atomic E-state index is -4.50. The third-order valence-electron chi connectivity index (χ3n) is 2.29. The Labute approximate surface area is 124 Å². The summed E-state index contributed by atoms with van der Waals surface area (Å²) in [4.78, 5) is 3.38. The molecule has 2 aromatic rings. The fraction of sp³-hybridized carbons (Fsp3) is 0.182. The van der Waals surface area contributed by atoms with Gasteiger partial charge in [0.25, 0.3) is 0 Å². The summed E-state index contributed by atoms with van der Waals surface area (Å²) in [5, 5.41) is 9.41. The van der Waals surface area contributed by atoms with Crippen molar-refractivity contribution in [3.8, 4) is 0 Å². The molecule has 0 aliphatic rings. The highest BCUT2D eigenvalue weighted by molar-refractivity contribution is 9.10. The lowest BCUT2D eigenvalue weighted by atomic mass is 10.1.